The van der Waals surface area contributed by atoms with Crippen LogP contribution in [0.3, 0.4) is 0 Å². The van der Waals surface area contributed by atoms with E-state index >= 15 is 0 Å². The topological polar surface area (TPSA) is 91.1 Å². The maximum atomic E-state index is 5.44. The molecule has 0 aliphatic heterocycles. The summed E-state index contributed by atoms with van der Waals surface area (Å²) < 4.78 is 0. The fourth-order valence-electron chi connectivity index (χ4n) is 1.48. The predicted molar refractivity (Wildman–Crippen MR) is 69.3 cm³/mol. The van der Waals surface area contributed by atoms with Gasteiger partial charge in [-0.1, -0.05) is 20.3 Å². The van der Waals surface area contributed by atoms with E-state index in [0.717, 1.165) is 31.6 Å². The van der Waals surface area contributed by atoms with E-state index in [9.17, 15) is 0 Å². The van der Waals surface area contributed by atoms with Gasteiger partial charge in [0.25, 0.3) is 0 Å². The van der Waals surface area contributed by atoms with Crippen LogP contribution in [-0.2, 0) is 0 Å². The average molecular weight is 238 g/mol. The quantitative estimate of drug-likeness (QED) is 0.196. The van der Waals surface area contributed by atoms with Gasteiger partial charge in [-0.05, 0) is 12.8 Å². The number of unbranched alkanes of at least 4 members (excludes halogenated alkanes) is 1. The Morgan fingerprint density at radius 3 is 2.94 bits per heavy atom. The highest BCUT2D eigenvalue weighted by Crippen LogP contribution is 2.10. The summed E-state index contributed by atoms with van der Waals surface area (Å²) in [6, 6.07) is 0.0985. The van der Waals surface area contributed by atoms with Gasteiger partial charge in [-0.15, -0.1) is 0 Å². The zero-order chi connectivity index (χ0) is 12.5. The molecule has 1 rings (SSSR count). The fourth-order valence-corrected chi connectivity index (χ4v) is 1.48. The van der Waals surface area contributed by atoms with Crippen LogP contribution in [0.1, 0.15) is 45.0 Å². The van der Waals surface area contributed by atoms with Gasteiger partial charge in [0.05, 0.1) is 6.04 Å². The van der Waals surface area contributed by atoms with Crippen molar-refractivity contribution in [3.8, 4) is 0 Å². The van der Waals surface area contributed by atoms with Crippen LogP contribution in [0.15, 0.2) is 17.4 Å². The maximum absolute atomic E-state index is 5.44. The third-order valence-electron chi connectivity index (χ3n) is 2.49. The second-order valence-corrected chi connectivity index (χ2v) is 3.81. The Kier molecular flexibility index (Phi) is 6.09. The Hall–Kier alpha value is -1.56. The molecule has 1 unspecified atom stereocenters. The molecule has 1 aromatic heterocycles. The molecule has 0 radical (unpaired) electrons. The molecule has 0 aromatic carbocycles. The first-order chi connectivity index (χ1) is 8.31. The molecule has 0 saturated heterocycles. The lowest BCUT2D eigenvalue weighted by molar-refractivity contribution is 0.579. The van der Waals surface area contributed by atoms with Crippen molar-refractivity contribution in [2.75, 3.05) is 6.54 Å². The number of hydrogen-bond donors (Lipinski definition) is 4. The van der Waals surface area contributed by atoms with Gasteiger partial charge in [0.15, 0.2) is 0 Å². The van der Waals surface area contributed by atoms with Crippen LogP contribution < -0.4 is 16.6 Å². The number of H-pyrrole nitrogens is 1. The minimum absolute atomic E-state index is 0.0985. The van der Waals surface area contributed by atoms with E-state index in [4.69, 9.17) is 5.84 Å². The van der Waals surface area contributed by atoms with Gasteiger partial charge in [-0.3, -0.25) is 10.4 Å². The first-order valence-corrected chi connectivity index (χ1v) is 6.08. The number of aliphatic imine (C=N–C) groups is 1. The van der Waals surface area contributed by atoms with Crippen LogP contribution in [0.2, 0.25) is 0 Å². The highest BCUT2D eigenvalue weighted by molar-refractivity contribution is 5.79. The normalized spacial score (nSPS) is 13.5. The molecule has 6 nitrogen and oxygen atoms in total. The van der Waals surface area contributed by atoms with Crippen molar-refractivity contribution in [1.29, 1.82) is 0 Å². The zero-order valence-corrected chi connectivity index (χ0v) is 10.5. The van der Waals surface area contributed by atoms with Crippen LogP contribution in [0.5, 0.6) is 0 Å². The molecule has 0 aliphatic rings. The first-order valence-electron chi connectivity index (χ1n) is 6.08. The number of nitrogens with one attached hydrogen (secondary N) is 3. The summed E-state index contributed by atoms with van der Waals surface area (Å²) >= 11 is 0. The molecule has 0 aliphatic carbocycles. The van der Waals surface area contributed by atoms with Crippen LogP contribution in [0, 0.1) is 0 Å². The Bertz CT molecular complexity index is 319. The molecule has 96 valence electrons. The standard InChI is InChI=1S/C11H22N6/c1-3-5-6-15-11(17-12)16-9(4-2)10-13-7-8-14-10/h7-9H,3-6,12H2,1-2H3,(H,13,14)(H2,15,16,17). The van der Waals surface area contributed by atoms with Crippen molar-refractivity contribution in [2.45, 2.75) is 39.2 Å². The molecule has 6 heteroatoms. The summed E-state index contributed by atoms with van der Waals surface area (Å²) in [5.41, 5.74) is 2.58. The van der Waals surface area contributed by atoms with Gasteiger partial charge in [-0.2, -0.15) is 0 Å². The third-order valence-corrected chi connectivity index (χ3v) is 2.49. The molecule has 17 heavy (non-hydrogen) atoms. The van der Waals surface area contributed by atoms with Gasteiger partial charge in [0.1, 0.15) is 5.82 Å². The van der Waals surface area contributed by atoms with E-state index in [1.807, 2.05) is 6.20 Å². The van der Waals surface area contributed by atoms with E-state index in [1.54, 1.807) is 6.20 Å². The van der Waals surface area contributed by atoms with Gasteiger partial charge < -0.3 is 10.3 Å². The number of guanidine groups is 1. The predicted octanol–water partition coefficient (Wildman–Crippen LogP) is 1.07. The lowest BCUT2D eigenvalue weighted by Crippen LogP contribution is -2.43. The van der Waals surface area contributed by atoms with Crippen LogP contribution in [-0.4, -0.2) is 22.5 Å². The maximum Gasteiger partial charge on any atom is 0.206 e. The summed E-state index contributed by atoms with van der Waals surface area (Å²) in [5, 5.41) is 3.23. The summed E-state index contributed by atoms with van der Waals surface area (Å²) in [6.07, 6.45) is 6.63. The van der Waals surface area contributed by atoms with Crippen molar-refractivity contribution in [2.24, 2.45) is 10.8 Å². The molecule has 1 aromatic rings. The second kappa shape index (κ2) is 7.67. The fraction of sp³-hybridized carbons (Fsp3) is 0.636. The Morgan fingerprint density at radius 1 is 1.59 bits per heavy atom. The minimum atomic E-state index is 0.0985. The molecule has 0 bridgehead atoms. The number of rotatable bonds is 6. The van der Waals surface area contributed by atoms with Gasteiger partial charge in [0.2, 0.25) is 5.96 Å². The third kappa shape index (κ3) is 4.44. The number of hydrazine groups is 1. The van der Waals surface area contributed by atoms with Crippen molar-refractivity contribution in [3.05, 3.63) is 18.2 Å². The molecule has 1 atom stereocenters. The first kappa shape index (κ1) is 13.5. The van der Waals surface area contributed by atoms with Crippen LogP contribution in [0.4, 0.5) is 0 Å². The minimum Gasteiger partial charge on any atom is -0.347 e. The van der Waals surface area contributed by atoms with Gasteiger partial charge in [-0.25, -0.2) is 10.8 Å². The van der Waals surface area contributed by atoms with Crippen molar-refractivity contribution in [1.82, 2.24) is 20.7 Å². The summed E-state index contributed by atoms with van der Waals surface area (Å²) in [7, 11) is 0. The van der Waals surface area contributed by atoms with E-state index in [-0.39, 0.29) is 6.04 Å². The molecule has 0 spiro atoms. The number of imidazole rings is 1. The van der Waals surface area contributed by atoms with Gasteiger partial charge in [0, 0.05) is 18.9 Å². The molecule has 0 amide bonds. The van der Waals surface area contributed by atoms with Gasteiger partial charge >= 0.3 is 0 Å². The molecular weight excluding hydrogens is 216 g/mol. The molecule has 0 fully saturated rings. The van der Waals surface area contributed by atoms with E-state index in [0.29, 0.717) is 5.96 Å². The van der Waals surface area contributed by atoms with Crippen LogP contribution >= 0.6 is 0 Å². The Balaban J connectivity index is 2.56. The smallest absolute Gasteiger partial charge is 0.206 e. The lowest BCUT2D eigenvalue weighted by atomic mass is 10.2. The monoisotopic (exact) mass is 238 g/mol. The number of hydrogen-bond acceptors (Lipinski definition) is 3. The number of nitrogens with two attached hydrogens (primary N) is 1. The van der Waals surface area contributed by atoms with Crippen molar-refractivity contribution in [3.63, 3.8) is 0 Å². The molecule has 5 N–H and O–H groups in total. The van der Waals surface area contributed by atoms with E-state index in [2.05, 4.69) is 39.6 Å². The van der Waals surface area contributed by atoms with Crippen molar-refractivity contribution >= 4 is 5.96 Å². The zero-order valence-electron chi connectivity index (χ0n) is 10.5. The number of nitrogens with zero attached hydrogens (tertiary/aromatic N) is 2. The Morgan fingerprint density at radius 2 is 2.41 bits per heavy atom. The largest absolute Gasteiger partial charge is 0.347 e. The summed E-state index contributed by atoms with van der Waals surface area (Å²) in [4.78, 5) is 11.7. The highest BCUT2D eigenvalue weighted by Gasteiger charge is 2.12. The second-order valence-electron chi connectivity index (χ2n) is 3.81. The molecular formula is C11H22N6. The lowest BCUT2D eigenvalue weighted by Gasteiger charge is -2.17. The number of aromatic amines is 1. The summed E-state index contributed by atoms with van der Waals surface area (Å²) in [6.45, 7) is 4.99. The SMILES string of the molecule is CCCCN=C(NN)NC(CC)c1ncc[nH]1. The average Bonchev–Trinajstić information content (AvgIpc) is 2.87. The van der Waals surface area contributed by atoms with E-state index in [1.165, 1.54) is 0 Å². The molecule has 1 heterocycles. The van der Waals surface area contributed by atoms with Crippen LogP contribution in [0.25, 0.3) is 0 Å². The number of aromatic nitrogens is 2. The molecule has 0 saturated carbocycles. The van der Waals surface area contributed by atoms with Crippen molar-refractivity contribution < 1.29 is 0 Å². The Labute approximate surface area is 102 Å². The summed E-state index contributed by atoms with van der Waals surface area (Å²) in [5.74, 6) is 6.94. The van der Waals surface area contributed by atoms with E-state index < -0.39 is 0 Å². The highest BCUT2D eigenvalue weighted by atomic mass is 15.3.